The summed E-state index contributed by atoms with van der Waals surface area (Å²) in [4.78, 5) is 3.07. The van der Waals surface area contributed by atoms with Crippen LogP contribution in [-0.4, -0.2) is 16.5 Å². The molecule has 0 saturated heterocycles. The Bertz CT molecular complexity index is 457. The maximum absolute atomic E-state index is 12.6. The first-order valence-electron chi connectivity index (χ1n) is 4.75. The summed E-state index contributed by atoms with van der Waals surface area (Å²) in [6.07, 6.45) is -10.2. The Hall–Kier alpha value is -1.55. The number of hydrogen-bond acceptors (Lipinski definition) is 4. The molecule has 0 atom stereocenters. The first-order valence-corrected chi connectivity index (χ1v) is 4.75. The summed E-state index contributed by atoms with van der Waals surface area (Å²) in [6, 6.07) is 0.605. The monoisotopic (exact) mass is 290 g/mol. The summed E-state index contributed by atoms with van der Waals surface area (Å²) in [5, 5.41) is 8.80. The van der Waals surface area contributed by atoms with Gasteiger partial charge in [0, 0.05) is 12.6 Å². The van der Waals surface area contributed by atoms with Crippen molar-refractivity contribution in [1.29, 1.82) is 0 Å². The quantitative estimate of drug-likeness (QED) is 0.835. The molecule has 108 valence electrons. The molecular formula is C9H8F6N2O2. The van der Waals surface area contributed by atoms with Gasteiger partial charge in [-0.3, -0.25) is 0 Å². The maximum atomic E-state index is 12.6. The van der Waals surface area contributed by atoms with Gasteiger partial charge in [0.25, 0.3) is 0 Å². The van der Waals surface area contributed by atoms with E-state index in [-0.39, 0.29) is 0 Å². The van der Waals surface area contributed by atoms with E-state index < -0.39 is 48.4 Å². The van der Waals surface area contributed by atoms with Crippen molar-refractivity contribution in [2.24, 2.45) is 5.73 Å². The average Bonchev–Trinajstić information content (AvgIpc) is 2.24. The standard InChI is InChI=1S/C9H8F6N2O2/c10-8(11,12)7-5(3-18)6(19-9(13,14)15)1-4(2-16)17-7/h1,18H,2-3,16H2. The Balaban J connectivity index is 3.44. The third kappa shape index (κ3) is 3.96. The number of ether oxygens (including phenoxy) is 1. The SMILES string of the molecule is NCc1cc(OC(F)(F)F)c(CO)c(C(F)(F)F)n1. The minimum atomic E-state index is -5.19. The smallest absolute Gasteiger partial charge is 0.405 e. The van der Waals surface area contributed by atoms with Crippen LogP contribution in [0.4, 0.5) is 26.3 Å². The third-order valence-corrected chi connectivity index (χ3v) is 2.00. The van der Waals surface area contributed by atoms with E-state index in [1.54, 1.807) is 0 Å². The lowest BCUT2D eigenvalue weighted by atomic mass is 10.1. The maximum Gasteiger partial charge on any atom is 0.573 e. The van der Waals surface area contributed by atoms with Crippen LogP contribution >= 0.6 is 0 Å². The molecule has 0 aromatic carbocycles. The number of halogens is 6. The van der Waals surface area contributed by atoms with E-state index in [0.717, 1.165) is 0 Å². The molecule has 3 N–H and O–H groups in total. The van der Waals surface area contributed by atoms with E-state index in [9.17, 15) is 26.3 Å². The lowest BCUT2D eigenvalue weighted by molar-refractivity contribution is -0.275. The number of hydrogen-bond donors (Lipinski definition) is 2. The van der Waals surface area contributed by atoms with E-state index in [0.29, 0.717) is 6.07 Å². The van der Waals surface area contributed by atoms with Gasteiger partial charge in [0.1, 0.15) is 5.75 Å². The second kappa shape index (κ2) is 5.21. The number of nitrogens with zero attached hydrogens (tertiary/aromatic N) is 1. The van der Waals surface area contributed by atoms with Crippen LogP contribution in [-0.2, 0) is 19.3 Å². The minimum absolute atomic E-state index is 0.441. The van der Waals surface area contributed by atoms with Gasteiger partial charge < -0.3 is 15.6 Å². The highest BCUT2D eigenvalue weighted by molar-refractivity contribution is 5.39. The Morgan fingerprint density at radius 2 is 1.79 bits per heavy atom. The summed E-state index contributed by atoms with van der Waals surface area (Å²) in [7, 11) is 0. The molecule has 4 nitrogen and oxygen atoms in total. The largest absolute Gasteiger partial charge is 0.573 e. The minimum Gasteiger partial charge on any atom is -0.405 e. The molecule has 19 heavy (non-hydrogen) atoms. The predicted octanol–water partition coefficient (Wildman–Crippen LogP) is 1.95. The molecule has 0 unspecified atom stereocenters. The van der Waals surface area contributed by atoms with Crippen LogP contribution in [0.5, 0.6) is 5.75 Å². The molecule has 1 aromatic heterocycles. The number of nitrogens with two attached hydrogens (primary N) is 1. The first-order chi connectivity index (χ1) is 8.58. The van der Waals surface area contributed by atoms with Gasteiger partial charge >= 0.3 is 12.5 Å². The predicted molar refractivity (Wildman–Crippen MR) is 49.7 cm³/mol. The van der Waals surface area contributed by atoms with Crippen LogP contribution in [0.1, 0.15) is 17.0 Å². The summed E-state index contributed by atoms with van der Waals surface area (Å²) in [6.45, 7) is -1.82. The molecule has 0 bridgehead atoms. The summed E-state index contributed by atoms with van der Waals surface area (Å²) < 4.78 is 77.5. The van der Waals surface area contributed by atoms with Crippen LogP contribution in [0.25, 0.3) is 0 Å². The van der Waals surface area contributed by atoms with Gasteiger partial charge in [0.05, 0.1) is 17.9 Å². The van der Waals surface area contributed by atoms with Gasteiger partial charge in [0.15, 0.2) is 5.69 Å². The topological polar surface area (TPSA) is 68.4 Å². The average molecular weight is 290 g/mol. The second-order valence-corrected chi connectivity index (χ2v) is 3.35. The summed E-state index contributed by atoms with van der Waals surface area (Å²) >= 11 is 0. The summed E-state index contributed by atoms with van der Waals surface area (Å²) in [5.74, 6) is -1.17. The van der Waals surface area contributed by atoms with Gasteiger partial charge in [-0.25, -0.2) is 4.98 Å². The first kappa shape index (κ1) is 15.5. The molecule has 1 aromatic rings. The molecule has 0 amide bonds. The molecule has 0 fully saturated rings. The molecule has 0 spiro atoms. The van der Waals surface area contributed by atoms with Crippen LogP contribution in [0, 0.1) is 0 Å². The van der Waals surface area contributed by atoms with Crippen molar-refractivity contribution < 1.29 is 36.2 Å². The van der Waals surface area contributed by atoms with Crippen molar-refractivity contribution in [3.05, 3.63) is 23.0 Å². The van der Waals surface area contributed by atoms with Crippen molar-refractivity contribution in [3.63, 3.8) is 0 Å². The lowest BCUT2D eigenvalue weighted by Gasteiger charge is -2.17. The van der Waals surface area contributed by atoms with Crippen LogP contribution in [0.2, 0.25) is 0 Å². The van der Waals surface area contributed by atoms with Crippen molar-refractivity contribution in [2.75, 3.05) is 0 Å². The molecule has 1 heterocycles. The van der Waals surface area contributed by atoms with Crippen LogP contribution < -0.4 is 10.5 Å². The fourth-order valence-corrected chi connectivity index (χ4v) is 1.31. The fourth-order valence-electron chi connectivity index (χ4n) is 1.31. The number of aliphatic hydroxyl groups excluding tert-OH is 1. The number of rotatable bonds is 3. The van der Waals surface area contributed by atoms with Crippen LogP contribution in [0.3, 0.4) is 0 Å². The second-order valence-electron chi connectivity index (χ2n) is 3.35. The molecule has 10 heteroatoms. The third-order valence-electron chi connectivity index (χ3n) is 2.00. The van der Waals surface area contributed by atoms with Gasteiger partial charge in [-0.15, -0.1) is 13.2 Å². The van der Waals surface area contributed by atoms with Crippen molar-refractivity contribution in [3.8, 4) is 5.75 Å². The van der Waals surface area contributed by atoms with E-state index in [2.05, 4.69) is 9.72 Å². The van der Waals surface area contributed by atoms with Gasteiger partial charge in [-0.2, -0.15) is 13.2 Å². The van der Waals surface area contributed by atoms with E-state index in [1.807, 2.05) is 0 Å². The molecule has 0 radical (unpaired) electrons. The molecule has 1 rings (SSSR count). The van der Waals surface area contributed by atoms with Crippen molar-refractivity contribution >= 4 is 0 Å². The highest BCUT2D eigenvalue weighted by Gasteiger charge is 2.39. The Kier molecular flexibility index (Phi) is 4.25. The highest BCUT2D eigenvalue weighted by atomic mass is 19.4. The summed E-state index contributed by atoms with van der Waals surface area (Å²) in [5.41, 5.74) is 1.87. The number of aromatic nitrogens is 1. The Labute approximate surface area is 102 Å². The lowest BCUT2D eigenvalue weighted by Crippen LogP contribution is -2.22. The van der Waals surface area contributed by atoms with E-state index in [1.165, 1.54) is 0 Å². The fraction of sp³-hybridized carbons (Fsp3) is 0.444. The van der Waals surface area contributed by atoms with Crippen molar-refractivity contribution in [1.82, 2.24) is 4.98 Å². The zero-order chi connectivity index (χ0) is 14.8. The molecule has 0 aliphatic carbocycles. The molecule has 0 aliphatic heterocycles. The van der Waals surface area contributed by atoms with Gasteiger partial charge in [-0.1, -0.05) is 0 Å². The molecule has 0 saturated carbocycles. The van der Waals surface area contributed by atoms with E-state index >= 15 is 0 Å². The van der Waals surface area contributed by atoms with E-state index in [4.69, 9.17) is 10.8 Å². The molecular weight excluding hydrogens is 282 g/mol. The van der Waals surface area contributed by atoms with Gasteiger partial charge in [-0.05, 0) is 0 Å². The number of alkyl halides is 6. The zero-order valence-electron chi connectivity index (χ0n) is 9.14. The normalized spacial score (nSPS) is 12.6. The number of pyridine rings is 1. The Morgan fingerprint density at radius 1 is 1.21 bits per heavy atom. The number of aliphatic hydroxyl groups is 1. The van der Waals surface area contributed by atoms with Gasteiger partial charge in [0.2, 0.25) is 0 Å². The van der Waals surface area contributed by atoms with Crippen LogP contribution in [0.15, 0.2) is 6.07 Å². The Morgan fingerprint density at radius 3 is 2.16 bits per heavy atom. The zero-order valence-corrected chi connectivity index (χ0v) is 9.14. The molecule has 0 aliphatic rings. The van der Waals surface area contributed by atoms with Crippen molar-refractivity contribution in [2.45, 2.75) is 25.7 Å². The highest BCUT2D eigenvalue weighted by Crippen LogP contribution is 2.37.